The second-order valence-corrected chi connectivity index (χ2v) is 5.36. The molecular formula is C10H16FN. The third-order valence-corrected chi connectivity index (χ3v) is 4.08. The lowest BCUT2D eigenvalue weighted by molar-refractivity contribution is 0.216. The van der Waals surface area contributed by atoms with Crippen molar-refractivity contribution in [1.82, 2.24) is 4.90 Å². The predicted molar refractivity (Wildman–Crippen MR) is 45.8 cm³/mol. The Kier molecular flexibility index (Phi) is 1.14. The molecule has 0 amide bonds. The van der Waals surface area contributed by atoms with Crippen LogP contribution in [0.3, 0.4) is 0 Å². The van der Waals surface area contributed by atoms with Gasteiger partial charge in [0.05, 0.1) is 0 Å². The van der Waals surface area contributed by atoms with Crippen molar-refractivity contribution >= 4 is 0 Å². The van der Waals surface area contributed by atoms with Gasteiger partial charge in [0.2, 0.25) is 0 Å². The number of alkyl halides is 1. The van der Waals surface area contributed by atoms with Gasteiger partial charge in [-0.1, -0.05) is 0 Å². The largest absolute Gasteiger partial charge is 0.294 e. The van der Waals surface area contributed by atoms with Crippen LogP contribution in [0.1, 0.15) is 32.6 Å². The van der Waals surface area contributed by atoms with Crippen LogP contribution in [0.25, 0.3) is 0 Å². The molecule has 0 aromatic carbocycles. The van der Waals surface area contributed by atoms with Crippen LogP contribution in [0.2, 0.25) is 0 Å². The molecule has 2 aliphatic heterocycles. The fraction of sp³-hybridized carbons (Fsp3) is 1.00. The molecule has 0 bridgehead atoms. The quantitative estimate of drug-likeness (QED) is 0.536. The molecule has 1 nitrogen and oxygen atoms in total. The molecule has 0 aromatic heterocycles. The van der Waals surface area contributed by atoms with Crippen LogP contribution < -0.4 is 0 Å². The van der Waals surface area contributed by atoms with Gasteiger partial charge in [-0.3, -0.25) is 4.90 Å². The number of hydrogen-bond donors (Lipinski definition) is 0. The standard InChI is InChI=1S/C10H16FN/c1-9-4-8(11)5-12(9)7-10(6-9)2-3-10/h8H,2-7H2,1H3/t8-,9+/m1/s1. The van der Waals surface area contributed by atoms with E-state index in [9.17, 15) is 4.39 Å². The van der Waals surface area contributed by atoms with Gasteiger partial charge in [-0.15, -0.1) is 0 Å². The summed E-state index contributed by atoms with van der Waals surface area (Å²) < 4.78 is 13.1. The molecule has 3 aliphatic rings. The minimum atomic E-state index is -0.550. The van der Waals surface area contributed by atoms with E-state index in [4.69, 9.17) is 0 Å². The average Bonchev–Trinajstić information content (AvgIpc) is 2.52. The first-order valence-electron chi connectivity index (χ1n) is 5.01. The summed E-state index contributed by atoms with van der Waals surface area (Å²) in [5.74, 6) is 0. The molecule has 2 heteroatoms. The number of halogens is 1. The van der Waals surface area contributed by atoms with E-state index in [1.54, 1.807) is 0 Å². The second-order valence-electron chi connectivity index (χ2n) is 5.36. The van der Waals surface area contributed by atoms with Crippen LogP contribution >= 0.6 is 0 Å². The smallest absolute Gasteiger partial charge is 0.115 e. The van der Waals surface area contributed by atoms with E-state index in [0.29, 0.717) is 12.0 Å². The Morgan fingerprint density at radius 3 is 2.75 bits per heavy atom. The predicted octanol–water partition coefficient (Wildman–Crippen LogP) is 1.97. The first kappa shape index (κ1) is 7.31. The molecule has 2 saturated heterocycles. The van der Waals surface area contributed by atoms with Gasteiger partial charge < -0.3 is 0 Å². The van der Waals surface area contributed by atoms with Crippen molar-refractivity contribution in [3.63, 3.8) is 0 Å². The van der Waals surface area contributed by atoms with Gasteiger partial charge in [0.1, 0.15) is 6.17 Å². The summed E-state index contributed by atoms with van der Waals surface area (Å²) in [5.41, 5.74) is 0.880. The van der Waals surface area contributed by atoms with E-state index in [1.165, 1.54) is 25.8 Å². The highest BCUT2D eigenvalue weighted by molar-refractivity contribution is 5.13. The summed E-state index contributed by atoms with van der Waals surface area (Å²) in [6.07, 6.45) is 4.30. The molecule has 12 heavy (non-hydrogen) atoms. The molecular weight excluding hydrogens is 153 g/mol. The van der Waals surface area contributed by atoms with Crippen molar-refractivity contribution in [1.29, 1.82) is 0 Å². The minimum Gasteiger partial charge on any atom is -0.294 e. The van der Waals surface area contributed by atoms with Crippen LogP contribution in [0, 0.1) is 5.41 Å². The molecule has 3 fully saturated rings. The second kappa shape index (κ2) is 1.87. The monoisotopic (exact) mass is 169 g/mol. The first-order valence-corrected chi connectivity index (χ1v) is 5.01. The maximum absolute atomic E-state index is 13.1. The SMILES string of the molecule is C[C@@]12C[C@@H](F)CN1CC1(CC1)C2. The summed E-state index contributed by atoms with van der Waals surface area (Å²) in [7, 11) is 0. The first-order chi connectivity index (χ1) is 5.62. The minimum absolute atomic E-state index is 0.232. The molecule has 3 rings (SSSR count). The van der Waals surface area contributed by atoms with Crippen molar-refractivity contribution in [3.05, 3.63) is 0 Å². The molecule has 0 unspecified atom stereocenters. The molecule has 1 aliphatic carbocycles. The Morgan fingerprint density at radius 1 is 1.42 bits per heavy atom. The zero-order valence-corrected chi connectivity index (χ0v) is 7.65. The highest BCUT2D eigenvalue weighted by Crippen LogP contribution is 2.60. The maximum atomic E-state index is 13.1. The topological polar surface area (TPSA) is 3.24 Å². The van der Waals surface area contributed by atoms with Crippen LogP contribution in [0.15, 0.2) is 0 Å². The maximum Gasteiger partial charge on any atom is 0.115 e. The average molecular weight is 169 g/mol. The lowest BCUT2D eigenvalue weighted by Crippen LogP contribution is -2.34. The van der Waals surface area contributed by atoms with Crippen LogP contribution in [-0.4, -0.2) is 29.7 Å². The summed E-state index contributed by atoms with van der Waals surface area (Å²) in [4.78, 5) is 2.39. The Morgan fingerprint density at radius 2 is 2.17 bits per heavy atom. The summed E-state index contributed by atoms with van der Waals surface area (Å²) >= 11 is 0. The van der Waals surface area contributed by atoms with Gasteiger partial charge in [-0.25, -0.2) is 4.39 Å². The molecule has 0 N–H and O–H groups in total. The highest BCUT2D eigenvalue weighted by Gasteiger charge is 2.59. The van der Waals surface area contributed by atoms with Crippen LogP contribution in [0.5, 0.6) is 0 Å². The number of nitrogens with zero attached hydrogens (tertiary/aromatic N) is 1. The molecule has 2 heterocycles. The zero-order chi connectivity index (χ0) is 8.40. The normalized spacial score (nSPS) is 50.0. The summed E-state index contributed by atoms with van der Waals surface area (Å²) in [6, 6.07) is 0. The lowest BCUT2D eigenvalue weighted by atomic mass is 9.90. The molecule has 0 radical (unpaired) electrons. The lowest BCUT2D eigenvalue weighted by Gasteiger charge is -2.25. The Bertz CT molecular complexity index is 224. The molecule has 0 aromatic rings. The Labute approximate surface area is 72.9 Å². The highest BCUT2D eigenvalue weighted by atomic mass is 19.1. The fourth-order valence-electron chi connectivity index (χ4n) is 3.35. The van der Waals surface area contributed by atoms with Gasteiger partial charge in [0.15, 0.2) is 0 Å². The zero-order valence-electron chi connectivity index (χ0n) is 7.65. The third-order valence-electron chi connectivity index (χ3n) is 4.08. The molecule has 68 valence electrons. The van der Waals surface area contributed by atoms with Gasteiger partial charge in [0.25, 0.3) is 0 Å². The Balaban J connectivity index is 1.86. The fourth-order valence-corrected chi connectivity index (χ4v) is 3.35. The molecule has 2 atom stereocenters. The Hall–Kier alpha value is -0.110. The molecule has 1 saturated carbocycles. The van der Waals surface area contributed by atoms with E-state index in [2.05, 4.69) is 11.8 Å². The van der Waals surface area contributed by atoms with Gasteiger partial charge in [0, 0.05) is 18.6 Å². The third kappa shape index (κ3) is 0.819. The number of fused-ring (bicyclic) bond motifs is 1. The van der Waals surface area contributed by atoms with Crippen LogP contribution in [-0.2, 0) is 0 Å². The summed E-state index contributed by atoms with van der Waals surface area (Å²) in [6.45, 7) is 4.14. The van der Waals surface area contributed by atoms with E-state index in [-0.39, 0.29) is 5.54 Å². The van der Waals surface area contributed by atoms with E-state index in [0.717, 1.165) is 6.42 Å². The van der Waals surface area contributed by atoms with E-state index >= 15 is 0 Å². The van der Waals surface area contributed by atoms with Crippen molar-refractivity contribution < 1.29 is 4.39 Å². The molecule has 1 spiro atoms. The summed E-state index contributed by atoms with van der Waals surface area (Å²) in [5, 5.41) is 0. The van der Waals surface area contributed by atoms with Gasteiger partial charge in [-0.2, -0.15) is 0 Å². The number of hydrogen-bond acceptors (Lipinski definition) is 1. The van der Waals surface area contributed by atoms with E-state index < -0.39 is 6.17 Å². The van der Waals surface area contributed by atoms with Gasteiger partial charge >= 0.3 is 0 Å². The van der Waals surface area contributed by atoms with Crippen LogP contribution in [0.4, 0.5) is 4.39 Å². The van der Waals surface area contributed by atoms with Crippen molar-refractivity contribution in [2.24, 2.45) is 5.41 Å². The van der Waals surface area contributed by atoms with Gasteiger partial charge in [-0.05, 0) is 38.0 Å². The van der Waals surface area contributed by atoms with Crippen molar-refractivity contribution in [2.75, 3.05) is 13.1 Å². The van der Waals surface area contributed by atoms with Crippen molar-refractivity contribution in [3.8, 4) is 0 Å². The van der Waals surface area contributed by atoms with Crippen molar-refractivity contribution in [2.45, 2.75) is 44.3 Å². The van der Waals surface area contributed by atoms with E-state index in [1.807, 2.05) is 0 Å². The number of rotatable bonds is 0.